The molecule has 0 fully saturated rings. The van der Waals surface area contributed by atoms with Crippen LogP contribution in [0.1, 0.15) is 59.3 Å². The Kier molecular flexibility index (Phi) is 10.1. The lowest BCUT2D eigenvalue weighted by Crippen LogP contribution is -2.45. The quantitative estimate of drug-likeness (QED) is 0.406. The van der Waals surface area contributed by atoms with Crippen LogP contribution in [0.25, 0.3) is 0 Å². The van der Waals surface area contributed by atoms with Crippen molar-refractivity contribution in [1.82, 2.24) is 0 Å². The Bertz CT molecular complexity index is 361. The van der Waals surface area contributed by atoms with Gasteiger partial charge >= 0.3 is 5.97 Å². The second kappa shape index (κ2) is 10.6. The van der Waals surface area contributed by atoms with Crippen molar-refractivity contribution in [3.05, 3.63) is 0 Å². The molecule has 0 radical (unpaired) electrons. The number of quaternary nitrogens is 1. The van der Waals surface area contributed by atoms with E-state index in [4.69, 9.17) is 4.74 Å². The first-order valence-corrected chi connectivity index (χ1v) is 8.69. The molecule has 0 aliphatic rings. The van der Waals surface area contributed by atoms with Crippen LogP contribution in [-0.4, -0.2) is 50.2 Å². The first kappa shape index (κ1) is 21.9. The van der Waals surface area contributed by atoms with Gasteiger partial charge in [0.25, 0.3) is 0 Å². The van der Waals surface area contributed by atoms with Crippen molar-refractivity contribution in [2.24, 2.45) is 11.8 Å². The number of rotatable bonds is 12. The van der Waals surface area contributed by atoms with Crippen LogP contribution in [0.4, 0.5) is 0 Å². The number of hydrogen-bond acceptors (Lipinski definition) is 4. The van der Waals surface area contributed by atoms with E-state index in [0.717, 1.165) is 12.8 Å². The molecule has 0 aliphatic carbocycles. The van der Waals surface area contributed by atoms with E-state index in [-0.39, 0.29) is 12.4 Å². The summed E-state index contributed by atoms with van der Waals surface area (Å²) >= 11 is 0. The molecule has 0 aromatic carbocycles. The second-order valence-corrected chi connectivity index (χ2v) is 8.13. The van der Waals surface area contributed by atoms with Crippen LogP contribution in [0, 0.1) is 11.8 Å². The van der Waals surface area contributed by atoms with Gasteiger partial charge in [-0.2, -0.15) is 0 Å². The minimum Gasteiger partial charge on any atom is -0.550 e. The smallest absolute Gasteiger partial charge is 0.306 e. The molecular formula is C18H35NO4. The fraction of sp³-hybridized carbons (Fsp3) is 0.889. The van der Waals surface area contributed by atoms with Gasteiger partial charge in [0.15, 0.2) is 6.10 Å². The molecular weight excluding hydrogens is 294 g/mol. The molecule has 0 aliphatic heterocycles. The van der Waals surface area contributed by atoms with Crippen LogP contribution in [0.3, 0.4) is 0 Å². The summed E-state index contributed by atoms with van der Waals surface area (Å²) in [6.45, 7) is 7.04. The Morgan fingerprint density at radius 3 is 2.13 bits per heavy atom. The van der Waals surface area contributed by atoms with Gasteiger partial charge in [0, 0.05) is 18.8 Å². The van der Waals surface area contributed by atoms with Crippen LogP contribution in [0.15, 0.2) is 0 Å². The molecule has 0 bridgehead atoms. The largest absolute Gasteiger partial charge is 0.550 e. The van der Waals surface area contributed by atoms with E-state index in [1.54, 1.807) is 0 Å². The lowest BCUT2D eigenvalue weighted by atomic mass is 9.96. The van der Waals surface area contributed by atoms with Gasteiger partial charge in [-0.25, -0.2) is 0 Å². The van der Waals surface area contributed by atoms with Crippen molar-refractivity contribution in [2.75, 3.05) is 27.7 Å². The zero-order chi connectivity index (χ0) is 18.0. The number of carboxylic acids is 1. The van der Waals surface area contributed by atoms with Gasteiger partial charge in [0.1, 0.15) is 6.54 Å². The standard InChI is InChI=1S/C18H35NO4/c1-14(2)8-7-9-15(3)10-11-18(22)23-16(12-17(20)21)13-19(4,5)6/h14-16H,7-13H2,1-6H3/t15?,16-/m1/s1. The van der Waals surface area contributed by atoms with Gasteiger partial charge in [0.05, 0.1) is 21.1 Å². The average Bonchev–Trinajstić information content (AvgIpc) is 2.32. The Balaban J connectivity index is 4.18. The van der Waals surface area contributed by atoms with Gasteiger partial charge < -0.3 is 19.1 Å². The third kappa shape index (κ3) is 14.2. The molecule has 1 unspecified atom stereocenters. The molecule has 2 atom stereocenters. The fourth-order valence-corrected chi connectivity index (χ4v) is 2.57. The maximum absolute atomic E-state index is 12.0. The first-order chi connectivity index (χ1) is 10.5. The summed E-state index contributed by atoms with van der Waals surface area (Å²) < 4.78 is 5.89. The SMILES string of the molecule is CC(C)CCCC(C)CCC(=O)O[C@H](CC(=O)[O-])C[N+](C)(C)C. The van der Waals surface area contributed by atoms with Gasteiger partial charge in [-0.05, 0) is 18.3 Å². The zero-order valence-corrected chi connectivity index (χ0v) is 15.8. The van der Waals surface area contributed by atoms with Gasteiger partial charge in [-0.1, -0.05) is 40.0 Å². The summed E-state index contributed by atoms with van der Waals surface area (Å²) in [5, 5.41) is 10.8. The highest BCUT2D eigenvalue weighted by molar-refractivity contribution is 5.70. The number of carbonyl (C=O) groups excluding carboxylic acids is 2. The fourth-order valence-electron chi connectivity index (χ4n) is 2.57. The van der Waals surface area contributed by atoms with Crippen molar-refractivity contribution in [1.29, 1.82) is 0 Å². The number of esters is 1. The number of carboxylic acid groups (broad SMARTS) is 1. The Hall–Kier alpha value is -1.10. The monoisotopic (exact) mass is 329 g/mol. The molecule has 0 amide bonds. The highest BCUT2D eigenvalue weighted by Crippen LogP contribution is 2.17. The van der Waals surface area contributed by atoms with Gasteiger partial charge in [0.2, 0.25) is 0 Å². The number of likely N-dealkylation sites (N-methyl/N-ethyl adjacent to an activating group) is 1. The molecule has 0 spiro atoms. The molecule has 0 saturated heterocycles. The average molecular weight is 329 g/mol. The molecule has 5 nitrogen and oxygen atoms in total. The molecule has 136 valence electrons. The molecule has 0 heterocycles. The first-order valence-electron chi connectivity index (χ1n) is 8.69. The summed E-state index contributed by atoms with van der Waals surface area (Å²) in [5.41, 5.74) is 0. The summed E-state index contributed by atoms with van der Waals surface area (Å²) in [6.07, 6.45) is 3.79. The predicted molar refractivity (Wildman–Crippen MR) is 89.5 cm³/mol. The third-order valence-corrected chi connectivity index (χ3v) is 3.76. The van der Waals surface area contributed by atoms with Crippen LogP contribution in [0.5, 0.6) is 0 Å². The molecule has 0 aromatic heterocycles. The van der Waals surface area contributed by atoms with Crippen molar-refractivity contribution >= 4 is 11.9 Å². The lowest BCUT2D eigenvalue weighted by molar-refractivity contribution is -0.873. The van der Waals surface area contributed by atoms with Crippen molar-refractivity contribution < 1.29 is 23.9 Å². The number of aliphatic carboxylic acids is 1. The van der Waals surface area contributed by atoms with E-state index in [2.05, 4.69) is 20.8 Å². The minimum absolute atomic E-state index is 0.245. The van der Waals surface area contributed by atoms with Crippen molar-refractivity contribution in [3.8, 4) is 0 Å². The van der Waals surface area contributed by atoms with E-state index in [0.29, 0.717) is 29.3 Å². The number of nitrogens with zero attached hydrogens (tertiary/aromatic N) is 1. The highest BCUT2D eigenvalue weighted by atomic mass is 16.5. The van der Waals surface area contributed by atoms with Gasteiger partial charge in [-0.15, -0.1) is 0 Å². The van der Waals surface area contributed by atoms with Crippen LogP contribution < -0.4 is 5.11 Å². The van der Waals surface area contributed by atoms with E-state index in [1.807, 2.05) is 21.1 Å². The second-order valence-electron chi connectivity index (χ2n) is 8.13. The predicted octanol–water partition coefficient (Wildman–Crippen LogP) is 1.99. The Labute approximate surface area is 141 Å². The number of ether oxygens (including phenoxy) is 1. The van der Waals surface area contributed by atoms with E-state index in [1.165, 1.54) is 12.8 Å². The molecule has 0 rings (SSSR count). The Morgan fingerprint density at radius 2 is 1.65 bits per heavy atom. The zero-order valence-electron chi connectivity index (χ0n) is 15.8. The molecule has 0 saturated carbocycles. The molecule has 5 heteroatoms. The summed E-state index contributed by atoms with van der Waals surface area (Å²) in [7, 11) is 5.81. The van der Waals surface area contributed by atoms with E-state index < -0.39 is 12.1 Å². The topological polar surface area (TPSA) is 66.4 Å². The summed E-state index contributed by atoms with van der Waals surface area (Å²) in [5.74, 6) is -0.286. The van der Waals surface area contributed by atoms with Crippen LogP contribution >= 0.6 is 0 Å². The molecule has 0 N–H and O–H groups in total. The minimum atomic E-state index is -1.18. The maximum atomic E-state index is 12.0. The lowest BCUT2D eigenvalue weighted by Gasteiger charge is -2.29. The van der Waals surface area contributed by atoms with Crippen LogP contribution in [-0.2, 0) is 14.3 Å². The molecule has 23 heavy (non-hydrogen) atoms. The number of carbonyl (C=O) groups is 2. The normalized spacial score (nSPS) is 14.6. The van der Waals surface area contributed by atoms with E-state index >= 15 is 0 Å². The van der Waals surface area contributed by atoms with Crippen molar-refractivity contribution in [2.45, 2.75) is 65.4 Å². The van der Waals surface area contributed by atoms with E-state index in [9.17, 15) is 14.7 Å². The third-order valence-electron chi connectivity index (χ3n) is 3.76. The maximum Gasteiger partial charge on any atom is 0.306 e. The highest BCUT2D eigenvalue weighted by Gasteiger charge is 2.22. The summed E-state index contributed by atoms with van der Waals surface area (Å²) in [6, 6.07) is 0. The van der Waals surface area contributed by atoms with Gasteiger partial charge in [-0.3, -0.25) is 4.79 Å². The molecule has 0 aromatic rings. The van der Waals surface area contributed by atoms with Crippen LogP contribution in [0.2, 0.25) is 0 Å². The summed E-state index contributed by atoms with van der Waals surface area (Å²) in [4.78, 5) is 22.8. The Morgan fingerprint density at radius 1 is 1.04 bits per heavy atom. The number of hydrogen-bond donors (Lipinski definition) is 0. The van der Waals surface area contributed by atoms with Crippen molar-refractivity contribution in [3.63, 3.8) is 0 Å².